The molecule has 3 heterocycles. The summed E-state index contributed by atoms with van der Waals surface area (Å²) in [5, 5.41) is 6.09. The molecule has 0 aliphatic carbocycles. The van der Waals surface area contributed by atoms with E-state index in [1.807, 2.05) is 47.3 Å². The van der Waals surface area contributed by atoms with Crippen molar-refractivity contribution in [2.24, 2.45) is 0 Å². The third-order valence-corrected chi connectivity index (χ3v) is 6.43. The maximum Gasteiger partial charge on any atom is 0.261 e. The van der Waals surface area contributed by atoms with Crippen LogP contribution in [0.3, 0.4) is 0 Å². The standard InChI is InChI=1S/C28H21ClN4O/c1-18-6-5-7-19(14-18)26-21(17-33(31-26)23-8-3-2-4-9-23)15-20-12-13-32-27(20)30-25-16-22(29)10-11-24(25)28(32)34/h2-11,14-17H,12-13H2,1H3/b20-15+. The van der Waals surface area contributed by atoms with Crippen LogP contribution in [0.1, 0.15) is 23.4 Å². The SMILES string of the molecule is Cc1cccc(-c2nn(-c3ccccc3)cc2/C=C2\CCn3c2nc2cc(Cl)ccc2c3=O)c1. The van der Waals surface area contributed by atoms with Gasteiger partial charge in [-0.05, 0) is 61.4 Å². The lowest BCUT2D eigenvalue weighted by Crippen LogP contribution is -2.20. The van der Waals surface area contributed by atoms with E-state index in [1.165, 1.54) is 5.56 Å². The Balaban J connectivity index is 1.54. The molecule has 0 N–H and O–H groups in total. The first-order chi connectivity index (χ1) is 16.6. The smallest absolute Gasteiger partial charge is 0.261 e. The molecule has 0 atom stereocenters. The minimum Gasteiger partial charge on any atom is -0.292 e. The molecule has 5 aromatic rings. The van der Waals surface area contributed by atoms with Crippen LogP contribution in [0.15, 0.2) is 83.8 Å². The van der Waals surface area contributed by atoms with Crippen LogP contribution < -0.4 is 5.56 Å². The number of aromatic nitrogens is 4. The molecule has 0 amide bonds. The minimum absolute atomic E-state index is 0.0287. The van der Waals surface area contributed by atoms with E-state index < -0.39 is 0 Å². The predicted molar refractivity (Wildman–Crippen MR) is 137 cm³/mol. The molecule has 0 unspecified atom stereocenters. The molecule has 0 saturated heterocycles. The highest BCUT2D eigenvalue weighted by Crippen LogP contribution is 2.32. The van der Waals surface area contributed by atoms with Gasteiger partial charge in [-0.2, -0.15) is 5.10 Å². The van der Waals surface area contributed by atoms with Crippen LogP contribution in [0.2, 0.25) is 5.02 Å². The highest BCUT2D eigenvalue weighted by atomic mass is 35.5. The van der Waals surface area contributed by atoms with E-state index in [0.717, 1.165) is 34.5 Å². The Morgan fingerprint density at radius 3 is 2.68 bits per heavy atom. The first-order valence-electron chi connectivity index (χ1n) is 11.2. The lowest BCUT2D eigenvalue weighted by atomic mass is 10.0. The molecule has 5 nitrogen and oxygen atoms in total. The van der Waals surface area contributed by atoms with Crippen LogP contribution in [0.4, 0.5) is 0 Å². The van der Waals surface area contributed by atoms with Crippen molar-refractivity contribution in [2.45, 2.75) is 19.9 Å². The molecule has 1 aliphatic rings. The highest BCUT2D eigenvalue weighted by molar-refractivity contribution is 6.31. The summed E-state index contributed by atoms with van der Waals surface area (Å²) in [7, 11) is 0. The van der Waals surface area contributed by atoms with Gasteiger partial charge in [0.15, 0.2) is 0 Å². The van der Waals surface area contributed by atoms with E-state index in [1.54, 1.807) is 22.8 Å². The van der Waals surface area contributed by atoms with Crippen molar-refractivity contribution < 1.29 is 0 Å². The third kappa shape index (κ3) is 3.55. The van der Waals surface area contributed by atoms with Gasteiger partial charge in [-0.15, -0.1) is 0 Å². The van der Waals surface area contributed by atoms with Crippen LogP contribution in [0.5, 0.6) is 0 Å². The van der Waals surface area contributed by atoms with Crippen molar-refractivity contribution in [3.05, 3.63) is 111 Å². The fraction of sp³-hybridized carbons (Fsp3) is 0.107. The number of nitrogens with zero attached hydrogens (tertiary/aromatic N) is 4. The van der Waals surface area contributed by atoms with E-state index in [2.05, 4.69) is 31.2 Å². The van der Waals surface area contributed by atoms with Gasteiger partial charge in [-0.25, -0.2) is 9.67 Å². The number of allylic oxidation sites excluding steroid dienone is 1. The first-order valence-corrected chi connectivity index (χ1v) is 11.6. The van der Waals surface area contributed by atoms with Gasteiger partial charge < -0.3 is 0 Å². The summed E-state index contributed by atoms with van der Waals surface area (Å²) >= 11 is 6.18. The average Bonchev–Trinajstić information content (AvgIpc) is 3.45. The number of aryl methyl sites for hydroxylation is 1. The second-order valence-electron chi connectivity index (χ2n) is 8.56. The lowest BCUT2D eigenvalue weighted by Gasteiger charge is -2.06. The highest BCUT2D eigenvalue weighted by Gasteiger charge is 2.22. The normalized spacial score (nSPS) is 14.1. The summed E-state index contributed by atoms with van der Waals surface area (Å²) in [6.07, 6.45) is 4.89. The molecule has 0 saturated carbocycles. The summed E-state index contributed by atoms with van der Waals surface area (Å²) in [6.45, 7) is 2.69. The Morgan fingerprint density at radius 2 is 1.85 bits per heavy atom. The van der Waals surface area contributed by atoms with E-state index >= 15 is 0 Å². The molecular weight excluding hydrogens is 444 g/mol. The molecule has 166 valence electrons. The molecule has 34 heavy (non-hydrogen) atoms. The molecular formula is C28H21ClN4O. The van der Waals surface area contributed by atoms with Crippen molar-refractivity contribution >= 4 is 34.2 Å². The van der Waals surface area contributed by atoms with Gasteiger partial charge >= 0.3 is 0 Å². The zero-order valence-electron chi connectivity index (χ0n) is 18.6. The first kappa shape index (κ1) is 20.6. The Labute approximate surface area is 201 Å². The van der Waals surface area contributed by atoms with Crippen LogP contribution in [0, 0.1) is 6.92 Å². The van der Waals surface area contributed by atoms with Crippen molar-refractivity contribution in [1.29, 1.82) is 0 Å². The monoisotopic (exact) mass is 464 g/mol. The minimum atomic E-state index is -0.0287. The Kier molecular flexibility index (Phi) is 4.93. The van der Waals surface area contributed by atoms with Crippen LogP contribution in [-0.2, 0) is 6.54 Å². The maximum atomic E-state index is 13.1. The quantitative estimate of drug-likeness (QED) is 0.321. The molecule has 3 aromatic carbocycles. The van der Waals surface area contributed by atoms with Gasteiger partial charge in [0.25, 0.3) is 5.56 Å². The van der Waals surface area contributed by atoms with Crippen LogP contribution >= 0.6 is 11.6 Å². The van der Waals surface area contributed by atoms with Gasteiger partial charge in [-0.3, -0.25) is 9.36 Å². The fourth-order valence-corrected chi connectivity index (χ4v) is 4.70. The summed E-state index contributed by atoms with van der Waals surface area (Å²) in [4.78, 5) is 17.9. The molecule has 0 spiro atoms. The van der Waals surface area contributed by atoms with Gasteiger partial charge in [0.1, 0.15) is 5.82 Å². The van der Waals surface area contributed by atoms with E-state index in [-0.39, 0.29) is 5.56 Å². The summed E-state index contributed by atoms with van der Waals surface area (Å²) in [5.74, 6) is 0.697. The number of fused-ring (bicyclic) bond motifs is 2. The predicted octanol–water partition coefficient (Wildman–Crippen LogP) is 6.16. The number of benzene rings is 3. The van der Waals surface area contributed by atoms with Crippen molar-refractivity contribution in [1.82, 2.24) is 19.3 Å². The topological polar surface area (TPSA) is 52.7 Å². The van der Waals surface area contributed by atoms with Crippen molar-refractivity contribution in [3.63, 3.8) is 0 Å². The molecule has 0 bridgehead atoms. The fourth-order valence-electron chi connectivity index (χ4n) is 4.54. The van der Waals surface area contributed by atoms with E-state index in [9.17, 15) is 4.79 Å². The molecule has 0 radical (unpaired) electrons. The Morgan fingerprint density at radius 1 is 1.00 bits per heavy atom. The number of hydrogen-bond acceptors (Lipinski definition) is 3. The summed E-state index contributed by atoms with van der Waals surface area (Å²) in [6, 6.07) is 23.6. The summed E-state index contributed by atoms with van der Waals surface area (Å²) in [5.41, 5.74) is 6.70. The largest absolute Gasteiger partial charge is 0.292 e. The van der Waals surface area contributed by atoms with Crippen molar-refractivity contribution in [3.8, 4) is 16.9 Å². The van der Waals surface area contributed by atoms with Crippen LogP contribution in [0.25, 0.3) is 39.5 Å². The number of rotatable bonds is 3. The number of para-hydroxylation sites is 1. The van der Waals surface area contributed by atoms with Crippen LogP contribution in [-0.4, -0.2) is 19.3 Å². The molecule has 0 fully saturated rings. The van der Waals surface area contributed by atoms with Gasteiger partial charge in [0, 0.05) is 28.9 Å². The second-order valence-corrected chi connectivity index (χ2v) is 8.99. The lowest BCUT2D eigenvalue weighted by molar-refractivity contribution is 0.725. The van der Waals surface area contributed by atoms with Gasteiger partial charge in [0.05, 0.1) is 22.3 Å². The zero-order valence-corrected chi connectivity index (χ0v) is 19.3. The van der Waals surface area contributed by atoms with E-state index in [4.69, 9.17) is 21.7 Å². The average molecular weight is 465 g/mol. The van der Waals surface area contributed by atoms with Gasteiger partial charge in [-0.1, -0.05) is 53.6 Å². The molecule has 1 aliphatic heterocycles. The molecule has 6 rings (SSSR count). The maximum absolute atomic E-state index is 13.1. The number of hydrogen-bond donors (Lipinski definition) is 0. The van der Waals surface area contributed by atoms with Gasteiger partial charge in [0.2, 0.25) is 0 Å². The molecule has 6 heteroatoms. The summed E-state index contributed by atoms with van der Waals surface area (Å²) < 4.78 is 3.66. The number of halogens is 1. The van der Waals surface area contributed by atoms with E-state index in [0.29, 0.717) is 28.3 Å². The van der Waals surface area contributed by atoms with Crippen molar-refractivity contribution in [2.75, 3.05) is 0 Å². The Hall–Kier alpha value is -3.96. The second kappa shape index (κ2) is 8.12. The third-order valence-electron chi connectivity index (χ3n) is 6.19. The zero-order chi connectivity index (χ0) is 23.2. The molecule has 2 aromatic heterocycles. The Bertz CT molecular complexity index is 1650.